The van der Waals surface area contributed by atoms with E-state index in [0.717, 1.165) is 34.8 Å². The van der Waals surface area contributed by atoms with Gasteiger partial charge in [-0.15, -0.1) is 12.6 Å². The van der Waals surface area contributed by atoms with Crippen LogP contribution >= 0.6 is 12.6 Å². The lowest BCUT2D eigenvalue weighted by Gasteiger charge is -2.12. The number of nitrogens with zero attached hydrogens (tertiary/aromatic N) is 3. The summed E-state index contributed by atoms with van der Waals surface area (Å²) in [6.07, 6.45) is 8.26. The van der Waals surface area contributed by atoms with Gasteiger partial charge in [-0.05, 0) is 38.3 Å². The largest absolute Gasteiger partial charge is 0.228 e. The maximum absolute atomic E-state index is 4.67. The average Bonchev–Trinajstić information content (AvgIpc) is 2.73. The summed E-state index contributed by atoms with van der Waals surface area (Å²) in [5, 5.41) is 4.26. The number of allylic oxidation sites excluding steroid dienone is 4. The summed E-state index contributed by atoms with van der Waals surface area (Å²) < 4.78 is 1.83. The van der Waals surface area contributed by atoms with Crippen molar-refractivity contribution in [1.29, 1.82) is 0 Å². The SMILES string of the molecule is CC1=CC=C(c2cc(C)n3ncc(S)c3n2)CC1. The molecule has 0 radical (unpaired) electrons. The fourth-order valence-electron chi connectivity index (χ4n) is 2.22. The van der Waals surface area contributed by atoms with E-state index in [4.69, 9.17) is 0 Å². The summed E-state index contributed by atoms with van der Waals surface area (Å²) in [7, 11) is 0. The molecule has 0 saturated carbocycles. The highest BCUT2D eigenvalue weighted by Crippen LogP contribution is 2.27. The highest BCUT2D eigenvalue weighted by atomic mass is 32.1. The van der Waals surface area contributed by atoms with Gasteiger partial charge in [0.15, 0.2) is 5.65 Å². The molecular formula is C14H15N3S. The lowest BCUT2D eigenvalue weighted by atomic mass is 9.97. The van der Waals surface area contributed by atoms with Gasteiger partial charge >= 0.3 is 0 Å². The monoisotopic (exact) mass is 257 g/mol. The maximum Gasteiger partial charge on any atom is 0.169 e. The van der Waals surface area contributed by atoms with E-state index in [1.165, 1.54) is 11.1 Å². The molecule has 3 rings (SSSR count). The Bertz CT molecular complexity index is 680. The van der Waals surface area contributed by atoms with Crippen LogP contribution in [0.1, 0.15) is 31.2 Å². The second-order valence-electron chi connectivity index (χ2n) is 4.75. The van der Waals surface area contributed by atoms with Crippen molar-refractivity contribution >= 4 is 23.8 Å². The molecule has 0 aliphatic heterocycles. The van der Waals surface area contributed by atoms with E-state index in [2.05, 4.69) is 47.9 Å². The van der Waals surface area contributed by atoms with Crippen molar-refractivity contribution in [2.45, 2.75) is 31.6 Å². The van der Waals surface area contributed by atoms with Crippen molar-refractivity contribution in [3.05, 3.63) is 41.4 Å². The first kappa shape index (κ1) is 11.5. The van der Waals surface area contributed by atoms with Gasteiger partial charge in [0, 0.05) is 5.69 Å². The summed E-state index contributed by atoms with van der Waals surface area (Å²) >= 11 is 4.40. The van der Waals surface area contributed by atoms with Crippen LogP contribution < -0.4 is 0 Å². The number of thiol groups is 1. The molecule has 0 N–H and O–H groups in total. The second kappa shape index (κ2) is 4.28. The Morgan fingerprint density at radius 1 is 1.22 bits per heavy atom. The van der Waals surface area contributed by atoms with Crippen LogP contribution in [-0.4, -0.2) is 14.6 Å². The van der Waals surface area contributed by atoms with Crippen LogP contribution in [0.3, 0.4) is 0 Å². The summed E-state index contributed by atoms with van der Waals surface area (Å²) in [5.41, 5.74) is 5.68. The summed E-state index contributed by atoms with van der Waals surface area (Å²) in [4.78, 5) is 5.49. The van der Waals surface area contributed by atoms with E-state index in [9.17, 15) is 0 Å². The Hall–Kier alpha value is -1.55. The van der Waals surface area contributed by atoms with Crippen molar-refractivity contribution in [3.8, 4) is 0 Å². The third-order valence-corrected chi connectivity index (χ3v) is 3.63. The molecule has 2 aromatic heterocycles. The normalized spacial score (nSPS) is 15.7. The minimum absolute atomic E-state index is 0.822. The molecule has 0 spiro atoms. The number of hydrogen-bond donors (Lipinski definition) is 1. The molecule has 2 aromatic rings. The molecular weight excluding hydrogens is 242 g/mol. The molecule has 3 nitrogen and oxygen atoms in total. The van der Waals surface area contributed by atoms with Gasteiger partial charge in [-0.25, -0.2) is 9.50 Å². The third kappa shape index (κ3) is 1.86. The van der Waals surface area contributed by atoms with Crippen LogP contribution in [0.15, 0.2) is 34.9 Å². The van der Waals surface area contributed by atoms with E-state index in [1.54, 1.807) is 6.20 Å². The van der Waals surface area contributed by atoms with Crippen LogP contribution in [0.5, 0.6) is 0 Å². The fourth-order valence-corrected chi connectivity index (χ4v) is 2.42. The van der Waals surface area contributed by atoms with Crippen molar-refractivity contribution in [1.82, 2.24) is 14.6 Å². The zero-order valence-corrected chi connectivity index (χ0v) is 11.4. The van der Waals surface area contributed by atoms with Gasteiger partial charge in [-0.3, -0.25) is 0 Å². The van der Waals surface area contributed by atoms with Crippen molar-refractivity contribution in [3.63, 3.8) is 0 Å². The molecule has 0 unspecified atom stereocenters. The standard InChI is InChI=1S/C14H15N3S/c1-9-3-5-11(6-4-9)12-7-10(2)17-14(16-12)13(18)8-15-17/h3,5,7-8,18H,4,6H2,1-2H3. The molecule has 92 valence electrons. The molecule has 0 atom stereocenters. The first-order chi connectivity index (χ1) is 8.65. The fraction of sp³-hybridized carbons (Fsp3) is 0.286. The molecule has 0 bridgehead atoms. The topological polar surface area (TPSA) is 30.2 Å². The van der Waals surface area contributed by atoms with Gasteiger partial charge in [0.2, 0.25) is 0 Å². The smallest absolute Gasteiger partial charge is 0.169 e. The van der Waals surface area contributed by atoms with E-state index in [1.807, 2.05) is 11.4 Å². The second-order valence-corrected chi connectivity index (χ2v) is 5.23. The Kier molecular flexibility index (Phi) is 2.74. The highest BCUT2D eigenvalue weighted by molar-refractivity contribution is 7.80. The van der Waals surface area contributed by atoms with Crippen LogP contribution in [-0.2, 0) is 0 Å². The summed E-state index contributed by atoms with van der Waals surface area (Å²) in [6, 6.07) is 2.09. The number of hydrogen-bond acceptors (Lipinski definition) is 3. The summed E-state index contributed by atoms with van der Waals surface area (Å²) in [6.45, 7) is 4.21. The van der Waals surface area contributed by atoms with E-state index >= 15 is 0 Å². The first-order valence-electron chi connectivity index (χ1n) is 6.06. The van der Waals surface area contributed by atoms with Gasteiger partial charge in [-0.2, -0.15) is 5.10 Å². The number of aryl methyl sites for hydroxylation is 1. The van der Waals surface area contributed by atoms with Crippen molar-refractivity contribution in [2.24, 2.45) is 0 Å². The Morgan fingerprint density at radius 3 is 2.78 bits per heavy atom. The molecule has 1 aliphatic rings. The Morgan fingerprint density at radius 2 is 2.06 bits per heavy atom. The minimum atomic E-state index is 0.822. The number of rotatable bonds is 1. The van der Waals surface area contributed by atoms with Gasteiger partial charge in [0.25, 0.3) is 0 Å². The minimum Gasteiger partial charge on any atom is -0.228 e. The van der Waals surface area contributed by atoms with Gasteiger partial charge in [-0.1, -0.05) is 17.7 Å². The van der Waals surface area contributed by atoms with E-state index in [0.29, 0.717) is 0 Å². The predicted octanol–water partition coefficient (Wildman–Crippen LogP) is 3.45. The Balaban J connectivity index is 2.16. The molecule has 18 heavy (non-hydrogen) atoms. The van der Waals surface area contributed by atoms with Crippen LogP contribution in [0, 0.1) is 6.92 Å². The molecule has 1 aliphatic carbocycles. The number of fused-ring (bicyclic) bond motifs is 1. The quantitative estimate of drug-likeness (QED) is 0.793. The average molecular weight is 257 g/mol. The lowest BCUT2D eigenvalue weighted by Crippen LogP contribution is -2.01. The molecule has 4 heteroatoms. The Labute approximate surface area is 112 Å². The zero-order valence-electron chi connectivity index (χ0n) is 10.5. The highest BCUT2D eigenvalue weighted by Gasteiger charge is 2.11. The van der Waals surface area contributed by atoms with Crippen molar-refractivity contribution < 1.29 is 0 Å². The molecule has 0 fully saturated rings. The third-order valence-electron chi connectivity index (χ3n) is 3.32. The zero-order chi connectivity index (χ0) is 12.7. The lowest BCUT2D eigenvalue weighted by molar-refractivity contribution is 0.885. The molecule has 2 heterocycles. The van der Waals surface area contributed by atoms with Crippen LogP contribution in [0.2, 0.25) is 0 Å². The molecule has 0 saturated heterocycles. The van der Waals surface area contributed by atoms with Crippen molar-refractivity contribution in [2.75, 3.05) is 0 Å². The first-order valence-corrected chi connectivity index (χ1v) is 6.51. The number of aromatic nitrogens is 3. The summed E-state index contributed by atoms with van der Waals surface area (Å²) in [5.74, 6) is 0. The van der Waals surface area contributed by atoms with Crippen LogP contribution in [0.25, 0.3) is 11.2 Å². The van der Waals surface area contributed by atoms with E-state index in [-0.39, 0.29) is 0 Å². The van der Waals surface area contributed by atoms with Gasteiger partial charge < -0.3 is 0 Å². The van der Waals surface area contributed by atoms with Crippen LogP contribution in [0.4, 0.5) is 0 Å². The van der Waals surface area contributed by atoms with Gasteiger partial charge in [0.1, 0.15) is 0 Å². The predicted molar refractivity (Wildman–Crippen MR) is 75.9 cm³/mol. The maximum atomic E-state index is 4.67. The molecule has 0 aromatic carbocycles. The molecule has 0 amide bonds. The van der Waals surface area contributed by atoms with Gasteiger partial charge in [0.05, 0.1) is 16.8 Å². The van der Waals surface area contributed by atoms with E-state index < -0.39 is 0 Å².